The number of primary amides is 1. The maximum absolute atomic E-state index is 11.7. The highest BCUT2D eigenvalue weighted by atomic mass is 16.6. The van der Waals surface area contributed by atoms with Gasteiger partial charge in [-0.1, -0.05) is 0 Å². The summed E-state index contributed by atoms with van der Waals surface area (Å²) in [5.74, 6) is -0.907. The topological polar surface area (TPSA) is 120 Å². The first kappa shape index (κ1) is 21.2. The first-order valence-corrected chi connectivity index (χ1v) is 8.38. The molecule has 1 rings (SSSR count). The van der Waals surface area contributed by atoms with Crippen molar-refractivity contribution in [1.82, 2.24) is 10.2 Å². The molecule has 9 heteroatoms. The Morgan fingerprint density at radius 1 is 1.20 bits per heavy atom. The van der Waals surface area contributed by atoms with Gasteiger partial charge in [-0.15, -0.1) is 0 Å². The monoisotopic (exact) mass is 359 g/mol. The SMILES string of the molecule is CC(C)(C)OC(=O)NCCOCCOCCN1CC(C(N)=O)CC1=O. The quantitative estimate of drug-likeness (QED) is 0.525. The predicted octanol–water partition coefficient (Wildman–Crippen LogP) is -0.122. The Morgan fingerprint density at radius 3 is 2.40 bits per heavy atom. The van der Waals surface area contributed by atoms with E-state index in [4.69, 9.17) is 19.9 Å². The lowest BCUT2D eigenvalue weighted by Gasteiger charge is -2.19. The maximum atomic E-state index is 11.7. The standard InChI is InChI=1S/C16H29N3O6/c1-16(2,3)25-15(22)18-4-6-23-8-9-24-7-5-19-11-12(14(17)21)10-13(19)20/h12H,4-11H2,1-3H3,(H2,17,21)(H,18,22). The minimum absolute atomic E-state index is 0.0723. The zero-order valence-electron chi connectivity index (χ0n) is 15.2. The van der Waals surface area contributed by atoms with Crippen molar-refractivity contribution in [2.45, 2.75) is 32.8 Å². The van der Waals surface area contributed by atoms with Crippen LogP contribution in [0.3, 0.4) is 0 Å². The lowest BCUT2D eigenvalue weighted by atomic mass is 10.1. The molecule has 9 nitrogen and oxygen atoms in total. The molecule has 1 fully saturated rings. The van der Waals surface area contributed by atoms with Crippen LogP contribution in [0.4, 0.5) is 4.79 Å². The number of nitrogens with two attached hydrogens (primary N) is 1. The molecular weight excluding hydrogens is 330 g/mol. The summed E-state index contributed by atoms with van der Waals surface area (Å²) in [7, 11) is 0. The van der Waals surface area contributed by atoms with E-state index in [2.05, 4.69) is 5.32 Å². The van der Waals surface area contributed by atoms with Crippen LogP contribution in [-0.4, -0.2) is 74.5 Å². The van der Waals surface area contributed by atoms with Gasteiger partial charge in [-0.25, -0.2) is 4.79 Å². The Morgan fingerprint density at radius 2 is 1.84 bits per heavy atom. The molecule has 0 aromatic carbocycles. The van der Waals surface area contributed by atoms with Crippen LogP contribution in [0, 0.1) is 5.92 Å². The van der Waals surface area contributed by atoms with E-state index >= 15 is 0 Å². The van der Waals surface area contributed by atoms with E-state index in [9.17, 15) is 14.4 Å². The first-order valence-electron chi connectivity index (χ1n) is 8.38. The zero-order chi connectivity index (χ0) is 18.9. The van der Waals surface area contributed by atoms with Crippen molar-refractivity contribution >= 4 is 17.9 Å². The summed E-state index contributed by atoms with van der Waals surface area (Å²) in [4.78, 5) is 35.7. The van der Waals surface area contributed by atoms with Crippen molar-refractivity contribution < 1.29 is 28.6 Å². The molecule has 1 aliphatic rings. The fourth-order valence-corrected chi connectivity index (χ4v) is 2.21. The van der Waals surface area contributed by atoms with Crippen molar-refractivity contribution in [1.29, 1.82) is 0 Å². The van der Waals surface area contributed by atoms with E-state index < -0.39 is 23.5 Å². The molecule has 0 spiro atoms. The van der Waals surface area contributed by atoms with Crippen molar-refractivity contribution in [3.8, 4) is 0 Å². The molecule has 0 bridgehead atoms. The highest BCUT2D eigenvalue weighted by Gasteiger charge is 2.32. The van der Waals surface area contributed by atoms with E-state index in [1.807, 2.05) is 0 Å². The van der Waals surface area contributed by atoms with Crippen LogP contribution >= 0.6 is 0 Å². The van der Waals surface area contributed by atoms with Crippen molar-refractivity contribution in [2.75, 3.05) is 46.1 Å². The maximum Gasteiger partial charge on any atom is 0.407 e. The van der Waals surface area contributed by atoms with Gasteiger partial charge >= 0.3 is 6.09 Å². The number of ether oxygens (including phenoxy) is 3. The van der Waals surface area contributed by atoms with Crippen molar-refractivity contribution in [3.63, 3.8) is 0 Å². The number of rotatable bonds is 10. The second kappa shape index (κ2) is 10.2. The largest absolute Gasteiger partial charge is 0.444 e. The van der Waals surface area contributed by atoms with Gasteiger partial charge in [0.15, 0.2) is 0 Å². The summed E-state index contributed by atoms with van der Waals surface area (Å²) in [6.45, 7) is 8.03. The number of nitrogens with one attached hydrogen (secondary N) is 1. The van der Waals surface area contributed by atoms with Gasteiger partial charge in [-0.3, -0.25) is 9.59 Å². The minimum Gasteiger partial charge on any atom is -0.444 e. The lowest BCUT2D eigenvalue weighted by molar-refractivity contribution is -0.129. The number of nitrogens with zero attached hydrogens (tertiary/aromatic N) is 1. The van der Waals surface area contributed by atoms with E-state index in [-0.39, 0.29) is 12.3 Å². The van der Waals surface area contributed by atoms with Gasteiger partial charge < -0.3 is 30.2 Å². The highest BCUT2D eigenvalue weighted by Crippen LogP contribution is 2.16. The molecule has 1 saturated heterocycles. The van der Waals surface area contributed by atoms with Crippen LogP contribution in [-0.2, 0) is 23.8 Å². The van der Waals surface area contributed by atoms with Gasteiger partial charge in [-0.05, 0) is 20.8 Å². The number of amides is 3. The number of likely N-dealkylation sites (tertiary alicyclic amines) is 1. The Balaban J connectivity index is 1.95. The molecule has 1 heterocycles. The van der Waals surface area contributed by atoms with Crippen LogP contribution in [0.15, 0.2) is 0 Å². The van der Waals surface area contributed by atoms with Gasteiger partial charge in [0.25, 0.3) is 0 Å². The predicted molar refractivity (Wildman–Crippen MR) is 89.8 cm³/mol. The summed E-state index contributed by atoms with van der Waals surface area (Å²) in [5.41, 5.74) is 4.68. The summed E-state index contributed by atoms with van der Waals surface area (Å²) < 4.78 is 15.8. The Bertz CT molecular complexity index is 463. The van der Waals surface area contributed by atoms with E-state index in [0.29, 0.717) is 46.1 Å². The van der Waals surface area contributed by atoms with Crippen LogP contribution in [0.1, 0.15) is 27.2 Å². The van der Waals surface area contributed by atoms with Gasteiger partial charge in [0, 0.05) is 26.1 Å². The summed E-state index contributed by atoms with van der Waals surface area (Å²) in [6.07, 6.45) is -0.291. The number of hydrogen-bond acceptors (Lipinski definition) is 6. The molecule has 1 atom stereocenters. The van der Waals surface area contributed by atoms with Crippen molar-refractivity contribution in [3.05, 3.63) is 0 Å². The van der Waals surface area contributed by atoms with Gasteiger partial charge in [0.2, 0.25) is 11.8 Å². The summed E-state index contributed by atoms with van der Waals surface area (Å²) in [5, 5.41) is 2.59. The number of hydrogen-bond donors (Lipinski definition) is 2. The summed E-state index contributed by atoms with van der Waals surface area (Å²) in [6, 6.07) is 0. The third kappa shape index (κ3) is 9.25. The second-order valence-electron chi connectivity index (χ2n) is 6.80. The normalized spacial score (nSPS) is 17.6. The van der Waals surface area contributed by atoms with E-state index in [0.717, 1.165) is 0 Å². The Labute approximate surface area is 148 Å². The Hall–Kier alpha value is -1.87. The highest BCUT2D eigenvalue weighted by molar-refractivity contribution is 5.88. The van der Waals surface area contributed by atoms with E-state index in [1.165, 1.54) is 0 Å². The molecule has 3 N–H and O–H groups in total. The lowest BCUT2D eigenvalue weighted by Crippen LogP contribution is -2.34. The molecule has 3 amide bonds. The molecule has 0 radical (unpaired) electrons. The fourth-order valence-electron chi connectivity index (χ4n) is 2.21. The fraction of sp³-hybridized carbons (Fsp3) is 0.812. The smallest absolute Gasteiger partial charge is 0.407 e. The second-order valence-corrected chi connectivity index (χ2v) is 6.80. The van der Waals surface area contributed by atoms with E-state index in [1.54, 1.807) is 25.7 Å². The number of alkyl carbamates (subject to hydrolysis) is 1. The van der Waals surface area contributed by atoms with Gasteiger partial charge in [0.05, 0.1) is 32.3 Å². The number of carbonyl (C=O) groups excluding carboxylic acids is 3. The van der Waals surface area contributed by atoms with Crippen LogP contribution in [0.5, 0.6) is 0 Å². The molecule has 1 unspecified atom stereocenters. The van der Waals surface area contributed by atoms with Crippen LogP contribution in [0.2, 0.25) is 0 Å². The molecule has 1 aliphatic heterocycles. The number of carbonyl (C=O) groups is 3. The van der Waals surface area contributed by atoms with Crippen LogP contribution < -0.4 is 11.1 Å². The molecular formula is C16H29N3O6. The molecule has 0 saturated carbocycles. The average molecular weight is 359 g/mol. The molecule has 0 aromatic heterocycles. The van der Waals surface area contributed by atoms with Crippen LogP contribution in [0.25, 0.3) is 0 Å². The molecule has 0 aromatic rings. The molecule has 144 valence electrons. The third-order valence-corrected chi connectivity index (χ3v) is 3.41. The zero-order valence-corrected chi connectivity index (χ0v) is 15.2. The minimum atomic E-state index is -0.521. The van der Waals surface area contributed by atoms with Gasteiger partial charge in [-0.2, -0.15) is 0 Å². The molecule has 25 heavy (non-hydrogen) atoms. The average Bonchev–Trinajstić information content (AvgIpc) is 2.85. The Kier molecular flexibility index (Phi) is 8.64. The van der Waals surface area contributed by atoms with Crippen molar-refractivity contribution in [2.24, 2.45) is 11.7 Å². The molecule has 0 aliphatic carbocycles. The first-order chi connectivity index (χ1) is 11.7. The third-order valence-electron chi connectivity index (χ3n) is 3.41. The van der Waals surface area contributed by atoms with Gasteiger partial charge in [0.1, 0.15) is 5.60 Å². The summed E-state index contributed by atoms with van der Waals surface area (Å²) >= 11 is 0.